The zero-order valence-electron chi connectivity index (χ0n) is 13.1. The van der Waals surface area contributed by atoms with E-state index in [4.69, 9.17) is 0 Å². The largest absolute Gasteiger partial charge is 0.259 e. The lowest BCUT2D eigenvalue weighted by molar-refractivity contribution is 0.252. The van der Waals surface area contributed by atoms with Gasteiger partial charge in [0.1, 0.15) is 16.7 Å². The standard InChI is InChI=1S/C12H28N4P2/c1-11(2,3)15-17-13(7)9-10-14(8)18(15)16(17)12(4,5)6/h9-10H2,1-8H3. The van der Waals surface area contributed by atoms with Crippen LogP contribution >= 0.6 is 16.7 Å². The highest BCUT2D eigenvalue weighted by molar-refractivity contribution is 7.80. The first kappa shape index (κ1) is 15.1. The summed E-state index contributed by atoms with van der Waals surface area (Å²) < 4.78 is 10.6. The number of rotatable bonds is 0. The molecular weight excluding hydrogens is 262 g/mol. The van der Waals surface area contributed by atoms with Crippen molar-refractivity contribution in [3.8, 4) is 0 Å². The highest BCUT2D eigenvalue weighted by Gasteiger charge is 2.60. The summed E-state index contributed by atoms with van der Waals surface area (Å²) in [6.45, 7) is 16.5. The van der Waals surface area contributed by atoms with E-state index in [0.29, 0.717) is 0 Å². The molecule has 3 aliphatic heterocycles. The van der Waals surface area contributed by atoms with Crippen LogP contribution in [0, 0.1) is 0 Å². The van der Waals surface area contributed by atoms with Crippen LogP contribution in [0.15, 0.2) is 0 Å². The van der Waals surface area contributed by atoms with E-state index in [-0.39, 0.29) is 27.8 Å². The van der Waals surface area contributed by atoms with Crippen LogP contribution in [0.2, 0.25) is 0 Å². The monoisotopic (exact) mass is 290 g/mol. The molecule has 0 N–H and O–H groups in total. The second kappa shape index (κ2) is 4.62. The second-order valence-electron chi connectivity index (χ2n) is 7.22. The Kier molecular flexibility index (Phi) is 3.87. The Bertz CT molecular complexity index is 283. The van der Waals surface area contributed by atoms with Crippen LogP contribution in [0.3, 0.4) is 0 Å². The van der Waals surface area contributed by atoms with Crippen LogP contribution in [0.5, 0.6) is 0 Å². The molecule has 6 heteroatoms. The number of fused-ring (bicyclic) bond motifs is 3. The molecule has 0 radical (unpaired) electrons. The summed E-state index contributed by atoms with van der Waals surface area (Å²) in [5.41, 5.74) is 0.512. The Morgan fingerprint density at radius 2 is 0.944 bits per heavy atom. The molecule has 18 heavy (non-hydrogen) atoms. The molecule has 0 amide bonds. The average Bonchev–Trinajstić information content (AvgIpc) is 2.26. The van der Waals surface area contributed by atoms with Gasteiger partial charge in [-0.15, -0.1) is 0 Å². The molecule has 0 aromatic carbocycles. The minimum absolute atomic E-state index is 0.256. The van der Waals surface area contributed by atoms with Crippen LogP contribution in [-0.2, 0) is 0 Å². The highest BCUT2D eigenvalue weighted by atomic mass is 31.3. The fourth-order valence-corrected chi connectivity index (χ4v) is 9.78. The summed E-state index contributed by atoms with van der Waals surface area (Å²) in [5.74, 6) is 0. The highest BCUT2D eigenvalue weighted by Crippen LogP contribution is 2.83. The van der Waals surface area contributed by atoms with E-state index in [2.05, 4.69) is 73.9 Å². The third-order valence-corrected chi connectivity index (χ3v) is 10.5. The fourth-order valence-electron chi connectivity index (χ4n) is 2.39. The first-order chi connectivity index (χ1) is 8.05. The maximum absolute atomic E-state index is 2.76. The third kappa shape index (κ3) is 2.37. The minimum Gasteiger partial charge on any atom is -0.259 e. The molecule has 106 valence electrons. The Hall–Kier alpha value is 0.700. The minimum atomic E-state index is -0.278. The lowest BCUT2D eigenvalue weighted by Crippen LogP contribution is -2.56. The maximum atomic E-state index is 2.76. The van der Waals surface area contributed by atoms with Crippen LogP contribution in [0.25, 0.3) is 0 Å². The normalized spacial score (nSPS) is 33.3. The van der Waals surface area contributed by atoms with Crippen LogP contribution in [0.1, 0.15) is 41.5 Å². The summed E-state index contributed by atoms with van der Waals surface area (Å²) in [4.78, 5) is 0. The molecule has 0 aromatic rings. The van der Waals surface area contributed by atoms with E-state index < -0.39 is 0 Å². The molecule has 0 aliphatic carbocycles. The van der Waals surface area contributed by atoms with Crippen molar-refractivity contribution in [2.45, 2.75) is 52.6 Å². The van der Waals surface area contributed by atoms with Crippen molar-refractivity contribution in [1.82, 2.24) is 18.2 Å². The summed E-state index contributed by atoms with van der Waals surface area (Å²) in [7, 11) is 4.02. The fraction of sp³-hybridized carbons (Fsp3) is 1.00. The Morgan fingerprint density at radius 1 is 0.667 bits per heavy atom. The van der Waals surface area contributed by atoms with Gasteiger partial charge in [0.15, 0.2) is 0 Å². The van der Waals surface area contributed by atoms with E-state index in [0.717, 1.165) is 0 Å². The van der Waals surface area contributed by atoms with Crippen LogP contribution in [0.4, 0.5) is 0 Å². The third-order valence-electron chi connectivity index (χ3n) is 3.24. The Morgan fingerprint density at radius 3 is 1.17 bits per heavy atom. The molecule has 4 nitrogen and oxygen atoms in total. The van der Waals surface area contributed by atoms with E-state index in [1.54, 1.807) is 0 Å². The predicted octanol–water partition coefficient (Wildman–Crippen LogP) is 3.53. The van der Waals surface area contributed by atoms with Gasteiger partial charge >= 0.3 is 0 Å². The van der Waals surface area contributed by atoms with Gasteiger partial charge < -0.3 is 0 Å². The van der Waals surface area contributed by atoms with Crippen molar-refractivity contribution in [2.75, 3.05) is 27.2 Å². The van der Waals surface area contributed by atoms with E-state index in [1.165, 1.54) is 13.1 Å². The van der Waals surface area contributed by atoms with Gasteiger partial charge in [0.2, 0.25) is 0 Å². The van der Waals surface area contributed by atoms with Crippen LogP contribution < -0.4 is 0 Å². The number of likely N-dealkylation sites (N-methyl/N-ethyl adjacent to an activating group) is 2. The quantitative estimate of drug-likeness (QED) is 0.633. The summed E-state index contributed by atoms with van der Waals surface area (Å²) in [5, 5.41) is 0. The molecule has 0 atom stereocenters. The van der Waals surface area contributed by atoms with Gasteiger partial charge in [-0.05, 0) is 55.6 Å². The smallest absolute Gasteiger partial charge is 0.132 e. The first-order valence-electron chi connectivity index (χ1n) is 6.67. The maximum Gasteiger partial charge on any atom is 0.132 e. The lowest BCUT2D eigenvalue weighted by atomic mass is 10.1. The molecular formula is C12H28N4P2. The first-order valence-corrected chi connectivity index (χ1v) is 9.07. The van der Waals surface area contributed by atoms with Crippen molar-refractivity contribution in [3.63, 3.8) is 0 Å². The van der Waals surface area contributed by atoms with Crippen LogP contribution in [-0.4, -0.2) is 56.5 Å². The zero-order valence-corrected chi connectivity index (χ0v) is 14.9. The second-order valence-corrected chi connectivity index (χ2v) is 11.9. The van der Waals surface area contributed by atoms with Gasteiger partial charge in [0, 0.05) is 24.2 Å². The number of hydrogen-bond acceptors (Lipinski definition) is 4. The molecule has 3 aliphatic rings. The van der Waals surface area contributed by atoms with Crippen molar-refractivity contribution in [1.29, 1.82) is 0 Å². The molecule has 0 saturated carbocycles. The summed E-state index contributed by atoms with van der Waals surface area (Å²) in [6.07, 6.45) is 0. The molecule has 3 rings (SSSR count). The van der Waals surface area contributed by atoms with Crippen molar-refractivity contribution in [3.05, 3.63) is 0 Å². The van der Waals surface area contributed by atoms with Gasteiger partial charge in [0.05, 0.1) is 0 Å². The Labute approximate surface area is 115 Å². The van der Waals surface area contributed by atoms with Gasteiger partial charge in [-0.1, -0.05) is 0 Å². The average molecular weight is 290 g/mol. The number of hydrogen-bond donors (Lipinski definition) is 0. The van der Waals surface area contributed by atoms with Crippen molar-refractivity contribution >= 4 is 16.7 Å². The van der Waals surface area contributed by atoms with Crippen molar-refractivity contribution in [2.24, 2.45) is 0 Å². The molecule has 3 saturated heterocycles. The van der Waals surface area contributed by atoms with Gasteiger partial charge in [0.25, 0.3) is 0 Å². The molecule has 2 bridgehead atoms. The van der Waals surface area contributed by atoms with Gasteiger partial charge in [-0.25, -0.2) is 8.88 Å². The molecule has 3 heterocycles. The SMILES string of the molecule is CN1CCN(C)P2N(C(C)(C)C)P1N2C(C)(C)C. The predicted molar refractivity (Wildman–Crippen MR) is 82.3 cm³/mol. The van der Waals surface area contributed by atoms with E-state index >= 15 is 0 Å². The summed E-state index contributed by atoms with van der Waals surface area (Å²) >= 11 is 0. The van der Waals surface area contributed by atoms with Crippen molar-refractivity contribution < 1.29 is 0 Å². The molecule has 3 fully saturated rings. The van der Waals surface area contributed by atoms with E-state index in [1.807, 2.05) is 0 Å². The topological polar surface area (TPSA) is 13.0 Å². The van der Waals surface area contributed by atoms with E-state index in [9.17, 15) is 0 Å². The molecule has 0 unspecified atom stereocenters. The number of nitrogens with zero attached hydrogens (tertiary/aromatic N) is 4. The summed E-state index contributed by atoms with van der Waals surface area (Å²) in [6, 6.07) is 0. The molecule has 0 spiro atoms. The van der Waals surface area contributed by atoms with Gasteiger partial charge in [-0.3, -0.25) is 9.34 Å². The zero-order chi connectivity index (χ0) is 13.9. The molecule has 0 aromatic heterocycles. The lowest BCUT2D eigenvalue weighted by Gasteiger charge is -2.66. The van der Waals surface area contributed by atoms with Gasteiger partial charge in [-0.2, -0.15) is 0 Å². The Balaban J connectivity index is 2.37.